The summed E-state index contributed by atoms with van der Waals surface area (Å²) >= 11 is 0. The van der Waals surface area contributed by atoms with E-state index >= 15 is 0 Å². The van der Waals surface area contributed by atoms with E-state index < -0.39 is 0 Å². The fourth-order valence-electron chi connectivity index (χ4n) is 3.03. The van der Waals surface area contributed by atoms with E-state index in [-0.39, 0.29) is 11.4 Å². The van der Waals surface area contributed by atoms with Crippen molar-refractivity contribution in [2.24, 2.45) is 11.3 Å². The Hall–Kier alpha value is -1.05. The average Bonchev–Trinajstić information content (AvgIpc) is 2.93. The molecule has 0 aromatic carbocycles. The maximum absolute atomic E-state index is 12.5. The van der Waals surface area contributed by atoms with Crippen LogP contribution in [0.15, 0.2) is 23.3 Å². The maximum Gasteiger partial charge on any atom is 0.246 e. The minimum absolute atomic E-state index is 0.119. The van der Waals surface area contributed by atoms with Crippen LogP contribution in [0, 0.1) is 11.3 Å². The van der Waals surface area contributed by atoms with Crippen molar-refractivity contribution in [2.75, 3.05) is 6.54 Å². The van der Waals surface area contributed by atoms with Crippen molar-refractivity contribution in [1.29, 1.82) is 0 Å². The van der Waals surface area contributed by atoms with E-state index in [9.17, 15) is 4.79 Å². The quantitative estimate of drug-likeness (QED) is 0.478. The average molecular weight is 306 g/mol. The summed E-state index contributed by atoms with van der Waals surface area (Å²) in [6.07, 6.45) is 7.74. The maximum atomic E-state index is 12.5. The first-order valence-corrected chi connectivity index (χ1v) is 8.55. The number of amides is 1. The molecule has 22 heavy (non-hydrogen) atoms. The Balaban J connectivity index is 2.68. The van der Waals surface area contributed by atoms with Gasteiger partial charge >= 0.3 is 0 Å². The molecule has 0 aromatic heterocycles. The molecule has 0 spiro atoms. The van der Waals surface area contributed by atoms with Gasteiger partial charge in [-0.2, -0.15) is 0 Å². The van der Waals surface area contributed by atoms with E-state index in [1.165, 1.54) is 18.4 Å². The van der Waals surface area contributed by atoms with Gasteiger partial charge in [-0.05, 0) is 79.1 Å². The first-order valence-electron chi connectivity index (χ1n) is 8.55. The van der Waals surface area contributed by atoms with Crippen LogP contribution in [-0.2, 0) is 4.79 Å². The molecule has 0 aliphatic heterocycles. The number of allylic oxidation sites excluding steroid dienone is 3. The first-order chi connectivity index (χ1) is 9.95. The van der Waals surface area contributed by atoms with Crippen LogP contribution in [0.4, 0.5) is 0 Å². The molecular formula is C20H35NO. The van der Waals surface area contributed by atoms with Crippen LogP contribution in [0.2, 0.25) is 0 Å². The van der Waals surface area contributed by atoms with Crippen LogP contribution in [0.25, 0.3) is 0 Å². The Bertz CT molecular complexity index is 459. The Morgan fingerprint density at radius 3 is 2.23 bits per heavy atom. The van der Waals surface area contributed by atoms with Gasteiger partial charge in [-0.1, -0.05) is 24.1 Å². The van der Waals surface area contributed by atoms with Crippen molar-refractivity contribution in [3.05, 3.63) is 23.3 Å². The molecule has 1 aliphatic rings. The second kappa shape index (κ2) is 7.02. The zero-order chi connectivity index (χ0) is 17.1. The third-order valence-corrected chi connectivity index (χ3v) is 4.70. The molecule has 1 amide bonds. The van der Waals surface area contributed by atoms with E-state index in [0.717, 1.165) is 18.5 Å². The predicted octanol–water partition coefficient (Wildman–Crippen LogP) is 5.35. The van der Waals surface area contributed by atoms with Crippen LogP contribution in [0.1, 0.15) is 74.7 Å². The molecule has 126 valence electrons. The minimum Gasteiger partial charge on any atom is -0.334 e. The van der Waals surface area contributed by atoms with Crippen molar-refractivity contribution in [2.45, 2.75) is 80.2 Å². The fourth-order valence-corrected chi connectivity index (χ4v) is 3.03. The molecule has 2 unspecified atom stereocenters. The molecular weight excluding hydrogens is 270 g/mol. The number of carbonyl (C=O) groups is 1. The summed E-state index contributed by atoms with van der Waals surface area (Å²) in [5.41, 5.74) is 2.77. The molecule has 2 heteroatoms. The van der Waals surface area contributed by atoms with Gasteiger partial charge in [-0.15, -0.1) is 0 Å². The summed E-state index contributed by atoms with van der Waals surface area (Å²) < 4.78 is 0. The lowest BCUT2D eigenvalue weighted by molar-refractivity contribution is -0.131. The zero-order valence-electron chi connectivity index (χ0n) is 15.9. The Morgan fingerprint density at radius 1 is 1.18 bits per heavy atom. The Kier molecular flexibility index (Phi) is 6.06. The highest BCUT2D eigenvalue weighted by molar-refractivity contribution is 5.88. The van der Waals surface area contributed by atoms with Gasteiger partial charge < -0.3 is 4.90 Å². The topological polar surface area (TPSA) is 20.3 Å². The van der Waals surface area contributed by atoms with Crippen molar-refractivity contribution < 1.29 is 4.79 Å². The molecule has 1 rings (SSSR count). The first kappa shape index (κ1) is 19.0. The van der Waals surface area contributed by atoms with E-state index in [1.807, 2.05) is 13.8 Å². The normalized spacial score (nSPS) is 23.7. The van der Waals surface area contributed by atoms with Crippen LogP contribution < -0.4 is 0 Å². The van der Waals surface area contributed by atoms with Crippen molar-refractivity contribution >= 4 is 5.91 Å². The largest absolute Gasteiger partial charge is 0.334 e. The minimum atomic E-state index is -0.119. The molecule has 2 atom stereocenters. The Morgan fingerprint density at radius 2 is 1.77 bits per heavy atom. The van der Waals surface area contributed by atoms with Crippen LogP contribution in [-0.4, -0.2) is 22.9 Å². The van der Waals surface area contributed by atoms with Gasteiger partial charge in [0.15, 0.2) is 0 Å². The monoisotopic (exact) mass is 305 g/mol. The smallest absolute Gasteiger partial charge is 0.246 e. The van der Waals surface area contributed by atoms with E-state index in [4.69, 9.17) is 0 Å². The number of nitrogens with zero attached hydrogens (tertiary/aromatic N) is 1. The third-order valence-electron chi connectivity index (χ3n) is 4.70. The highest BCUT2D eigenvalue weighted by Crippen LogP contribution is 2.56. The molecule has 0 heterocycles. The van der Waals surface area contributed by atoms with E-state index in [0.29, 0.717) is 11.3 Å². The summed E-state index contributed by atoms with van der Waals surface area (Å²) in [4.78, 5) is 14.6. The van der Waals surface area contributed by atoms with Gasteiger partial charge in [0, 0.05) is 18.2 Å². The highest BCUT2D eigenvalue weighted by atomic mass is 16.2. The molecule has 0 N–H and O–H groups in total. The van der Waals surface area contributed by atoms with Gasteiger partial charge in [0.1, 0.15) is 0 Å². The molecule has 2 nitrogen and oxygen atoms in total. The van der Waals surface area contributed by atoms with Gasteiger partial charge in [-0.3, -0.25) is 4.79 Å². The lowest BCUT2D eigenvalue weighted by atomic mass is 9.97. The number of carbonyl (C=O) groups excluding carboxylic acids is 1. The summed E-state index contributed by atoms with van der Waals surface area (Å²) in [5.74, 6) is 0.804. The standard InChI is InChI=1S/C20H35NO/c1-15(2)10-9-11-20(8)13-17(20)14-21(19(5,6)7)18(22)12-16(3)4/h10,12,17H,9,11,13-14H2,1-8H3. The summed E-state index contributed by atoms with van der Waals surface area (Å²) in [7, 11) is 0. The van der Waals surface area contributed by atoms with Crippen molar-refractivity contribution in [3.63, 3.8) is 0 Å². The lowest BCUT2D eigenvalue weighted by Crippen LogP contribution is -2.46. The summed E-state index contributed by atoms with van der Waals surface area (Å²) in [5, 5.41) is 0. The van der Waals surface area contributed by atoms with Gasteiger partial charge in [0.05, 0.1) is 0 Å². The SMILES string of the molecule is CC(C)=CCCC1(C)CC1CN(C(=O)C=C(C)C)C(C)(C)C. The van der Waals surface area contributed by atoms with Crippen molar-refractivity contribution in [3.8, 4) is 0 Å². The summed E-state index contributed by atoms with van der Waals surface area (Å²) in [6, 6.07) is 0. The third kappa shape index (κ3) is 5.62. The second-order valence-corrected chi connectivity index (χ2v) is 8.72. The number of hydrogen-bond acceptors (Lipinski definition) is 1. The molecule has 0 radical (unpaired) electrons. The number of rotatable bonds is 6. The molecule has 1 saturated carbocycles. The molecule has 0 aromatic rings. The lowest BCUT2D eigenvalue weighted by Gasteiger charge is -2.36. The summed E-state index contributed by atoms with van der Waals surface area (Å²) in [6.45, 7) is 17.9. The van der Waals surface area contributed by atoms with E-state index in [2.05, 4.69) is 52.5 Å². The van der Waals surface area contributed by atoms with Crippen molar-refractivity contribution in [1.82, 2.24) is 4.90 Å². The molecule has 1 aliphatic carbocycles. The molecule has 0 saturated heterocycles. The second-order valence-electron chi connectivity index (χ2n) is 8.72. The molecule has 1 fully saturated rings. The highest BCUT2D eigenvalue weighted by Gasteiger charge is 2.50. The predicted molar refractivity (Wildman–Crippen MR) is 95.8 cm³/mol. The van der Waals surface area contributed by atoms with E-state index in [1.54, 1.807) is 6.08 Å². The van der Waals surface area contributed by atoms with Crippen LogP contribution in [0.5, 0.6) is 0 Å². The van der Waals surface area contributed by atoms with Gasteiger partial charge in [0.2, 0.25) is 5.91 Å². The van der Waals surface area contributed by atoms with Crippen LogP contribution >= 0.6 is 0 Å². The van der Waals surface area contributed by atoms with Crippen LogP contribution in [0.3, 0.4) is 0 Å². The zero-order valence-corrected chi connectivity index (χ0v) is 15.9. The van der Waals surface area contributed by atoms with Gasteiger partial charge in [0.25, 0.3) is 0 Å². The number of hydrogen-bond donors (Lipinski definition) is 0. The molecule has 0 bridgehead atoms. The van der Waals surface area contributed by atoms with Gasteiger partial charge in [-0.25, -0.2) is 0 Å². The Labute approximate surface area is 137 Å². The fraction of sp³-hybridized carbons (Fsp3) is 0.750.